The normalized spacial score (nSPS) is 12.0. The molecular formula is C31H18N2OS. The zero-order valence-electron chi connectivity index (χ0n) is 18.6. The van der Waals surface area contributed by atoms with E-state index in [4.69, 9.17) is 9.40 Å². The molecule has 0 aliphatic heterocycles. The molecule has 164 valence electrons. The summed E-state index contributed by atoms with van der Waals surface area (Å²) >= 11 is 1.76. The minimum atomic E-state index is 0.907. The predicted molar refractivity (Wildman–Crippen MR) is 147 cm³/mol. The van der Waals surface area contributed by atoms with Crippen molar-refractivity contribution in [3.05, 3.63) is 109 Å². The van der Waals surface area contributed by atoms with E-state index < -0.39 is 0 Å². The highest BCUT2D eigenvalue weighted by molar-refractivity contribution is 7.22. The van der Waals surface area contributed by atoms with Gasteiger partial charge in [0, 0.05) is 32.8 Å². The van der Waals surface area contributed by atoms with Crippen LogP contribution in [-0.2, 0) is 0 Å². The largest absolute Gasteiger partial charge is 0.456 e. The first-order valence-corrected chi connectivity index (χ1v) is 12.5. The van der Waals surface area contributed by atoms with Gasteiger partial charge in [0.05, 0.1) is 21.3 Å². The van der Waals surface area contributed by atoms with Crippen LogP contribution in [0.4, 0.5) is 0 Å². The van der Waals surface area contributed by atoms with Crippen LogP contribution in [0.2, 0.25) is 0 Å². The van der Waals surface area contributed by atoms with E-state index >= 15 is 0 Å². The van der Waals surface area contributed by atoms with Crippen molar-refractivity contribution in [1.82, 2.24) is 9.55 Å². The number of furan rings is 1. The summed E-state index contributed by atoms with van der Waals surface area (Å²) in [6.45, 7) is 0. The highest BCUT2D eigenvalue weighted by Crippen LogP contribution is 2.41. The van der Waals surface area contributed by atoms with E-state index in [1.807, 2.05) is 18.2 Å². The van der Waals surface area contributed by atoms with Crippen molar-refractivity contribution in [3.8, 4) is 16.3 Å². The average molecular weight is 467 g/mol. The molecule has 0 fully saturated rings. The minimum Gasteiger partial charge on any atom is -0.456 e. The van der Waals surface area contributed by atoms with Crippen molar-refractivity contribution in [2.24, 2.45) is 0 Å². The molecule has 0 spiro atoms. The van der Waals surface area contributed by atoms with Gasteiger partial charge in [-0.15, -0.1) is 11.3 Å². The fourth-order valence-electron chi connectivity index (χ4n) is 5.26. The van der Waals surface area contributed by atoms with Gasteiger partial charge in [0.2, 0.25) is 0 Å². The molecule has 3 heterocycles. The maximum absolute atomic E-state index is 6.11. The number of rotatable bonds is 2. The van der Waals surface area contributed by atoms with Gasteiger partial charge in [-0.25, -0.2) is 4.98 Å². The lowest BCUT2D eigenvalue weighted by Crippen LogP contribution is -1.93. The van der Waals surface area contributed by atoms with Gasteiger partial charge in [0.25, 0.3) is 0 Å². The van der Waals surface area contributed by atoms with E-state index in [1.165, 1.54) is 26.5 Å². The summed E-state index contributed by atoms with van der Waals surface area (Å²) in [7, 11) is 0. The van der Waals surface area contributed by atoms with Gasteiger partial charge >= 0.3 is 0 Å². The lowest BCUT2D eigenvalue weighted by molar-refractivity contribution is 0.669. The molecule has 3 aromatic heterocycles. The Balaban J connectivity index is 1.50. The summed E-state index contributed by atoms with van der Waals surface area (Å²) in [5.74, 6) is 0. The van der Waals surface area contributed by atoms with Crippen LogP contribution in [0.5, 0.6) is 0 Å². The standard InChI is InChI=1S/C31H18N2OS/c1-2-8-19(9-3-1)31-32-25-16-15-23-21-10-4-6-12-26(21)33(29(23)30(25)35-31)20-14-17-28-24(18-20)22-11-5-7-13-27(22)34-28/h1-18H. The molecule has 0 aliphatic rings. The highest BCUT2D eigenvalue weighted by atomic mass is 32.1. The molecule has 8 rings (SSSR count). The molecule has 0 radical (unpaired) electrons. The quantitative estimate of drug-likeness (QED) is 0.255. The Hall–Kier alpha value is -4.41. The Morgan fingerprint density at radius 1 is 0.629 bits per heavy atom. The number of para-hydroxylation sites is 2. The van der Waals surface area contributed by atoms with Gasteiger partial charge in [-0.1, -0.05) is 66.7 Å². The van der Waals surface area contributed by atoms with Gasteiger partial charge in [0.1, 0.15) is 16.2 Å². The number of thiazole rings is 1. The maximum Gasteiger partial charge on any atom is 0.135 e. The minimum absolute atomic E-state index is 0.907. The fourth-order valence-corrected chi connectivity index (χ4v) is 6.37. The maximum atomic E-state index is 6.11. The third-order valence-corrected chi connectivity index (χ3v) is 7.96. The van der Waals surface area contributed by atoms with Crippen LogP contribution in [0.25, 0.3) is 70.2 Å². The first-order chi connectivity index (χ1) is 17.3. The van der Waals surface area contributed by atoms with E-state index in [2.05, 4.69) is 95.6 Å². The van der Waals surface area contributed by atoms with Gasteiger partial charge in [-0.2, -0.15) is 0 Å². The summed E-state index contributed by atoms with van der Waals surface area (Å²) in [6.07, 6.45) is 0. The molecule has 0 atom stereocenters. The van der Waals surface area contributed by atoms with Crippen LogP contribution < -0.4 is 0 Å². The summed E-state index contributed by atoms with van der Waals surface area (Å²) in [4.78, 5) is 5.01. The zero-order valence-corrected chi connectivity index (χ0v) is 19.4. The average Bonchev–Trinajstić information content (AvgIpc) is 3.60. The van der Waals surface area contributed by atoms with E-state index in [9.17, 15) is 0 Å². The SMILES string of the molecule is c1ccc(-c2nc3ccc4c5ccccc5n(-c5ccc6oc7ccccc7c6c5)c4c3s2)cc1. The van der Waals surface area contributed by atoms with E-state index in [-0.39, 0.29) is 0 Å². The Kier molecular flexibility index (Phi) is 3.82. The smallest absolute Gasteiger partial charge is 0.135 e. The molecule has 5 aromatic carbocycles. The second-order valence-corrected chi connectivity index (χ2v) is 9.83. The number of aromatic nitrogens is 2. The molecule has 0 saturated heterocycles. The van der Waals surface area contributed by atoms with E-state index in [0.29, 0.717) is 0 Å². The number of fused-ring (bicyclic) bond motifs is 8. The van der Waals surface area contributed by atoms with Crippen LogP contribution in [0, 0.1) is 0 Å². The lowest BCUT2D eigenvalue weighted by atomic mass is 10.1. The molecule has 8 aromatic rings. The molecule has 3 nitrogen and oxygen atoms in total. The summed E-state index contributed by atoms with van der Waals surface area (Å²) in [6, 6.07) is 38.2. The topological polar surface area (TPSA) is 31.0 Å². The van der Waals surface area contributed by atoms with Crippen molar-refractivity contribution in [2.45, 2.75) is 0 Å². The molecule has 0 aliphatic carbocycles. The second-order valence-electron chi connectivity index (χ2n) is 8.83. The van der Waals surface area contributed by atoms with Crippen LogP contribution in [-0.4, -0.2) is 9.55 Å². The van der Waals surface area contributed by atoms with Gasteiger partial charge in [0.15, 0.2) is 0 Å². The van der Waals surface area contributed by atoms with Crippen molar-refractivity contribution in [2.75, 3.05) is 0 Å². The van der Waals surface area contributed by atoms with Crippen molar-refractivity contribution in [3.63, 3.8) is 0 Å². The van der Waals surface area contributed by atoms with E-state index in [0.717, 1.165) is 43.7 Å². The number of benzene rings is 5. The number of hydrogen-bond acceptors (Lipinski definition) is 3. The first kappa shape index (κ1) is 19.0. The van der Waals surface area contributed by atoms with Crippen molar-refractivity contribution >= 4 is 65.3 Å². The molecule has 35 heavy (non-hydrogen) atoms. The Bertz CT molecular complexity index is 2060. The molecule has 0 bridgehead atoms. The lowest BCUT2D eigenvalue weighted by Gasteiger charge is -2.08. The highest BCUT2D eigenvalue weighted by Gasteiger charge is 2.18. The number of nitrogens with zero attached hydrogens (tertiary/aromatic N) is 2. The summed E-state index contributed by atoms with van der Waals surface area (Å²) < 4.78 is 9.70. The van der Waals surface area contributed by atoms with Crippen LogP contribution >= 0.6 is 11.3 Å². The molecule has 0 saturated carbocycles. The number of hydrogen-bond donors (Lipinski definition) is 0. The second kappa shape index (κ2) is 7.05. The van der Waals surface area contributed by atoms with Crippen LogP contribution in [0.15, 0.2) is 114 Å². The summed E-state index contributed by atoms with van der Waals surface area (Å²) in [5, 5.41) is 5.80. The predicted octanol–water partition coefficient (Wildman–Crippen LogP) is 8.96. The van der Waals surface area contributed by atoms with Gasteiger partial charge < -0.3 is 8.98 Å². The van der Waals surface area contributed by atoms with Gasteiger partial charge in [-0.05, 0) is 42.5 Å². The zero-order chi connectivity index (χ0) is 22.9. The Morgan fingerprint density at radius 3 is 2.31 bits per heavy atom. The van der Waals surface area contributed by atoms with Crippen molar-refractivity contribution in [1.29, 1.82) is 0 Å². The Morgan fingerprint density at radius 2 is 1.40 bits per heavy atom. The van der Waals surface area contributed by atoms with Crippen LogP contribution in [0.1, 0.15) is 0 Å². The van der Waals surface area contributed by atoms with Gasteiger partial charge in [-0.3, -0.25) is 0 Å². The summed E-state index contributed by atoms with van der Waals surface area (Å²) in [5.41, 5.74) is 7.52. The van der Waals surface area contributed by atoms with E-state index in [1.54, 1.807) is 11.3 Å². The Labute approximate surface area is 204 Å². The molecule has 4 heteroatoms. The third-order valence-electron chi connectivity index (χ3n) is 6.83. The molecule has 0 N–H and O–H groups in total. The molecular weight excluding hydrogens is 448 g/mol. The first-order valence-electron chi connectivity index (χ1n) is 11.6. The van der Waals surface area contributed by atoms with Crippen molar-refractivity contribution < 1.29 is 4.42 Å². The third kappa shape index (κ3) is 2.69. The molecule has 0 unspecified atom stereocenters. The molecule has 0 amide bonds. The van der Waals surface area contributed by atoms with Crippen LogP contribution in [0.3, 0.4) is 0 Å². The fraction of sp³-hybridized carbons (Fsp3) is 0. The monoisotopic (exact) mass is 466 g/mol.